The Morgan fingerprint density at radius 2 is 2.05 bits per heavy atom. The molecule has 2 aromatic rings. The van der Waals surface area contributed by atoms with Crippen LogP contribution in [-0.2, 0) is 4.79 Å². The number of aromatic nitrogens is 1. The van der Waals surface area contributed by atoms with Crippen LogP contribution in [0.15, 0.2) is 36.5 Å². The van der Waals surface area contributed by atoms with Crippen molar-refractivity contribution in [1.29, 1.82) is 0 Å². The molecule has 1 aromatic heterocycles. The molecule has 0 saturated heterocycles. The van der Waals surface area contributed by atoms with Crippen molar-refractivity contribution in [3.63, 3.8) is 0 Å². The lowest BCUT2D eigenvalue weighted by Gasteiger charge is -2.30. The Hall–Kier alpha value is -1.94. The summed E-state index contributed by atoms with van der Waals surface area (Å²) in [4.78, 5) is 18.9. The van der Waals surface area contributed by atoms with E-state index in [2.05, 4.69) is 22.2 Å². The van der Waals surface area contributed by atoms with E-state index in [1.165, 1.54) is 32.1 Å². The topological polar surface area (TPSA) is 45.2 Å². The van der Waals surface area contributed by atoms with Crippen molar-refractivity contribution < 1.29 is 4.79 Å². The molecule has 1 fully saturated rings. The van der Waals surface area contributed by atoms with Crippen molar-refractivity contribution in [2.45, 2.75) is 38.1 Å². The van der Waals surface area contributed by atoms with Crippen LogP contribution < -0.4 is 5.32 Å². The minimum atomic E-state index is 0.0458. The highest BCUT2D eigenvalue weighted by atomic mass is 16.2. The highest BCUT2D eigenvalue weighted by molar-refractivity contribution is 6.01. The van der Waals surface area contributed by atoms with E-state index >= 15 is 0 Å². The standard InChI is InChI=1S/C18H23N3O/c1-21(14-7-3-2-4-8-14)13-18(22)20-17-11-5-10-16-15(17)9-6-12-19-16/h5-6,9-12,14H,2-4,7-8,13H2,1H3,(H,20,22). The van der Waals surface area contributed by atoms with Gasteiger partial charge in [-0.25, -0.2) is 0 Å². The summed E-state index contributed by atoms with van der Waals surface area (Å²) in [6.07, 6.45) is 8.09. The highest BCUT2D eigenvalue weighted by Gasteiger charge is 2.20. The van der Waals surface area contributed by atoms with Crippen molar-refractivity contribution in [3.05, 3.63) is 36.5 Å². The molecule has 1 saturated carbocycles. The van der Waals surface area contributed by atoms with Crippen LogP contribution in [0.1, 0.15) is 32.1 Å². The number of carbonyl (C=O) groups excluding carboxylic acids is 1. The first kappa shape index (κ1) is 15.0. The fourth-order valence-electron chi connectivity index (χ4n) is 3.28. The van der Waals surface area contributed by atoms with E-state index in [1.807, 2.05) is 30.3 Å². The van der Waals surface area contributed by atoms with Gasteiger partial charge in [0.25, 0.3) is 0 Å². The van der Waals surface area contributed by atoms with Crippen molar-refractivity contribution in [3.8, 4) is 0 Å². The van der Waals surface area contributed by atoms with Crippen LogP contribution in [0.25, 0.3) is 10.9 Å². The van der Waals surface area contributed by atoms with Gasteiger partial charge in [-0.2, -0.15) is 0 Å². The lowest BCUT2D eigenvalue weighted by molar-refractivity contribution is -0.117. The van der Waals surface area contributed by atoms with E-state index in [-0.39, 0.29) is 5.91 Å². The van der Waals surface area contributed by atoms with Crippen LogP contribution in [0.2, 0.25) is 0 Å². The average molecular weight is 297 g/mol. The van der Waals surface area contributed by atoms with Crippen LogP contribution in [0.3, 0.4) is 0 Å². The van der Waals surface area contributed by atoms with Crippen LogP contribution in [-0.4, -0.2) is 35.4 Å². The molecule has 4 heteroatoms. The Morgan fingerprint density at radius 1 is 1.23 bits per heavy atom. The molecule has 1 N–H and O–H groups in total. The number of anilines is 1. The second kappa shape index (κ2) is 6.88. The van der Waals surface area contributed by atoms with Gasteiger partial charge in [-0.05, 0) is 44.2 Å². The average Bonchev–Trinajstić information content (AvgIpc) is 2.56. The predicted molar refractivity (Wildman–Crippen MR) is 89.9 cm³/mol. The number of nitrogens with one attached hydrogen (secondary N) is 1. The number of pyridine rings is 1. The van der Waals surface area contributed by atoms with Gasteiger partial charge >= 0.3 is 0 Å². The molecule has 1 heterocycles. The summed E-state index contributed by atoms with van der Waals surface area (Å²) in [5, 5.41) is 4.02. The second-order valence-electron chi connectivity index (χ2n) is 6.13. The number of hydrogen-bond acceptors (Lipinski definition) is 3. The smallest absolute Gasteiger partial charge is 0.238 e. The third-order valence-corrected chi connectivity index (χ3v) is 4.51. The monoisotopic (exact) mass is 297 g/mol. The van der Waals surface area contributed by atoms with E-state index in [0.717, 1.165) is 16.6 Å². The lowest BCUT2D eigenvalue weighted by Crippen LogP contribution is -2.39. The van der Waals surface area contributed by atoms with E-state index in [9.17, 15) is 4.79 Å². The molecule has 0 radical (unpaired) electrons. The molecule has 1 aliphatic rings. The van der Waals surface area contributed by atoms with Gasteiger partial charge in [0, 0.05) is 17.6 Å². The molecule has 0 aliphatic heterocycles. The first-order chi connectivity index (χ1) is 10.7. The van der Waals surface area contributed by atoms with Gasteiger partial charge in [0.1, 0.15) is 0 Å². The van der Waals surface area contributed by atoms with E-state index < -0.39 is 0 Å². The van der Waals surface area contributed by atoms with Gasteiger partial charge in [-0.3, -0.25) is 14.7 Å². The quantitative estimate of drug-likeness (QED) is 0.940. The van der Waals surface area contributed by atoms with Crippen molar-refractivity contribution in [2.75, 3.05) is 18.9 Å². The molecule has 116 valence electrons. The van der Waals surface area contributed by atoms with Gasteiger partial charge < -0.3 is 5.32 Å². The Balaban J connectivity index is 1.65. The number of fused-ring (bicyclic) bond motifs is 1. The minimum absolute atomic E-state index is 0.0458. The summed E-state index contributed by atoms with van der Waals surface area (Å²) in [7, 11) is 2.06. The zero-order valence-electron chi connectivity index (χ0n) is 13.1. The van der Waals surface area contributed by atoms with Crippen LogP contribution in [0.4, 0.5) is 5.69 Å². The molecular weight excluding hydrogens is 274 g/mol. The lowest BCUT2D eigenvalue weighted by atomic mass is 9.94. The molecule has 1 amide bonds. The fourth-order valence-corrected chi connectivity index (χ4v) is 3.28. The third kappa shape index (κ3) is 3.45. The number of nitrogens with zero attached hydrogens (tertiary/aromatic N) is 2. The molecular formula is C18H23N3O. The first-order valence-corrected chi connectivity index (χ1v) is 8.08. The van der Waals surface area contributed by atoms with Gasteiger partial charge in [-0.1, -0.05) is 25.3 Å². The normalized spacial score (nSPS) is 16.1. The maximum absolute atomic E-state index is 12.3. The number of carbonyl (C=O) groups is 1. The minimum Gasteiger partial charge on any atom is -0.324 e. The predicted octanol–water partition coefficient (Wildman–Crippen LogP) is 3.44. The summed E-state index contributed by atoms with van der Waals surface area (Å²) in [6, 6.07) is 10.3. The van der Waals surface area contributed by atoms with Gasteiger partial charge in [0.05, 0.1) is 17.7 Å². The number of hydrogen-bond donors (Lipinski definition) is 1. The molecule has 1 aliphatic carbocycles. The number of rotatable bonds is 4. The summed E-state index contributed by atoms with van der Waals surface area (Å²) in [6.45, 7) is 0.446. The van der Waals surface area contributed by atoms with E-state index in [0.29, 0.717) is 12.6 Å². The van der Waals surface area contributed by atoms with Crippen molar-refractivity contribution in [1.82, 2.24) is 9.88 Å². The van der Waals surface area contributed by atoms with Crippen LogP contribution in [0, 0.1) is 0 Å². The Bertz CT molecular complexity index is 644. The molecule has 0 bridgehead atoms. The summed E-state index contributed by atoms with van der Waals surface area (Å²) in [5.74, 6) is 0.0458. The summed E-state index contributed by atoms with van der Waals surface area (Å²) < 4.78 is 0. The Morgan fingerprint density at radius 3 is 2.86 bits per heavy atom. The third-order valence-electron chi connectivity index (χ3n) is 4.51. The molecule has 4 nitrogen and oxygen atoms in total. The maximum atomic E-state index is 12.3. The van der Waals surface area contributed by atoms with Crippen LogP contribution in [0.5, 0.6) is 0 Å². The Kier molecular flexibility index (Phi) is 4.68. The molecule has 0 spiro atoms. The fraction of sp³-hybridized carbons (Fsp3) is 0.444. The first-order valence-electron chi connectivity index (χ1n) is 8.08. The zero-order chi connectivity index (χ0) is 15.4. The number of amides is 1. The molecule has 3 rings (SSSR count). The van der Waals surface area contributed by atoms with Crippen molar-refractivity contribution in [2.24, 2.45) is 0 Å². The van der Waals surface area contributed by atoms with Gasteiger partial charge in [0.15, 0.2) is 0 Å². The zero-order valence-corrected chi connectivity index (χ0v) is 13.1. The van der Waals surface area contributed by atoms with E-state index in [1.54, 1.807) is 6.20 Å². The number of likely N-dealkylation sites (N-methyl/N-ethyl adjacent to an activating group) is 1. The number of benzene rings is 1. The van der Waals surface area contributed by atoms with Gasteiger partial charge in [-0.15, -0.1) is 0 Å². The SMILES string of the molecule is CN(CC(=O)Nc1cccc2ncccc12)C1CCCCC1. The van der Waals surface area contributed by atoms with Gasteiger partial charge in [0.2, 0.25) is 5.91 Å². The van der Waals surface area contributed by atoms with Crippen molar-refractivity contribution >= 4 is 22.5 Å². The Labute approximate surface area is 131 Å². The largest absolute Gasteiger partial charge is 0.324 e. The molecule has 1 aromatic carbocycles. The summed E-state index contributed by atoms with van der Waals surface area (Å²) >= 11 is 0. The maximum Gasteiger partial charge on any atom is 0.238 e. The summed E-state index contributed by atoms with van der Waals surface area (Å²) in [5.41, 5.74) is 1.74. The molecule has 22 heavy (non-hydrogen) atoms. The highest BCUT2D eigenvalue weighted by Crippen LogP contribution is 2.23. The molecule has 0 atom stereocenters. The van der Waals surface area contributed by atoms with Crippen LogP contribution >= 0.6 is 0 Å². The molecule has 0 unspecified atom stereocenters. The second-order valence-corrected chi connectivity index (χ2v) is 6.13. The van der Waals surface area contributed by atoms with E-state index in [4.69, 9.17) is 0 Å².